The zero-order chi connectivity index (χ0) is 15.1. The Morgan fingerprint density at radius 2 is 2.14 bits per heavy atom. The summed E-state index contributed by atoms with van der Waals surface area (Å²) < 4.78 is 11.0. The largest absolute Gasteiger partial charge is 0.496 e. The number of ketones is 1. The molecular weight excluding hydrogens is 290 g/mol. The highest BCUT2D eigenvalue weighted by molar-refractivity contribution is 6.30. The third-order valence-corrected chi connectivity index (χ3v) is 3.89. The number of methoxy groups -OCH3 is 1. The van der Waals surface area contributed by atoms with E-state index in [1.807, 2.05) is 0 Å². The van der Waals surface area contributed by atoms with Crippen LogP contribution < -0.4 is 10.1 Å². The van der Waals surface area contributed by atoms with Crippen LogP contribution in [0.25, 0.3) is 0 Å². The van der Waals surface area contributed by atoms with Crippen LogP contribution >= 0.6 is 11.6 Å². The molecule has 0 spiro atoms. The first-order chi connectivity index (χ1) is 10.2. The first-order valence-electron chi connectivity index (χ1n) is 7.35. The molecule has 0 aliphatic carbocycles. The summed E-state index contributed by atoms with van der Waals surface area (Å²) in [5, 5.41) is 3.91. The van der Waals surface area contributed by atoms with E-state index in [0.29, 0.717) is 36.3 Å². The number of hydrogen-bond donors (Lipinski definition) is 1. The van der Waals surface area contributed by atoms with Gasteiger partial charge in [-0.2, -0.15) is 0 Å². The third-order valence-electron chi connectivity index (χ3n) is 3.65. The molecule has 21 heavy (non-hydrogen) atoms. The van der Waals surface area contributed by atoms with E-state index in [-0.39, 0.29) is 5.78 Å². The van der Waals surface area contributed by atoms with Crippen molar-refractivity contribution in [3.63, 3.8) is 0 Å². The Hall–Kier alpha value is -1.10. The standard InChI is InChI=1S/C16H22ClNO3/c1-20-16-3-2-13(17)10-12(16)11-14(19)6-9-21-15-4-7-18-8-5-15/h2-3,10,15,18H,4-9,11H2,1H3. The fourth-order valence-corrected chi connectivity index (χ4v) is 2.68. The Bertz CT molecular complexity index is 473. The number of hydrogen-bond acceptors (Lipinski definition) is 4. The first-order valence-corrected chi connectivity index (χ1v) is 7.73. The van der Waals surface area contributed by atoms with E-state index in [0.717, 1.165) is 31.5 Å². The number of ether oxygens (including phenoxy) is 2. The average molecular weight is 312 g/mol. The molecule has 4 nitrogen and oxygen atoms in total. The third kappa shape index (κ3) is 5.30. The fraction of sp³-hybridized carbons (Fsp3) is 0.562. The summed E-state index contributed by atoms with van der Waals surface area (Å²) >= 11 is 5.97. The van der Waals surface area contributed by atoms with Crippen molar-refractivity contribution in [3.05, 3.63) is 28.8 Å². The highest BCUT2D eigenvalue weighted by Gasteiger charge is 2.14. The number of carbonyl (C=O) groups is 1. The van der Waals surface area contributed by atoms with Gasteiger partial charge in [-0.15, -0.1) is 0 Å². The van der Waals surface area contributed by atoms with Gasteiger partial charge in [-0.25, -0.2) is 0 Å². The van der Waals surface area contributed by atoms with Crippen molar-refractivity contribution < 1.29 is 14.3 Å². The summed E-state index contributed by atoms with van der Waals surface area (Å²) in [5.74, 6) is 0.844. The molecule has 116 valence electrons. The van der Waals surface area contributed by atoms with Crippen LogP contribution in [0.5, 0.6) is 5.75 Å². The predicted octanol–water partition coefficient (Wildman–Crippen LogP) is 2.62. The molecule has 1 aliphatic rings. The molecule has 2 rings (SSSR count). The highest BCUT2D eigenvalue weighted by atomic mass is 35.5. The topological polar surface area (TPSA) is 47.6 Å². The van der Waals surface area contributed by atoms with Gasteiger partial charge in [0.25, 0.3) is 0 Å². The lowest BCUT2D eigenvalue weighted by atomic mass is 10.1. The second-order valence-electron chi connectivity index (χ2n) is 5.24. The van der Waals surface area contributed by atoms with Crippen molar-refractivity contribution >= 4 is 17.4 Å². The fourth-order valence-electron chi connectivity index (χ4n) is 2.49. The second-order valence-corrected chi connectivity index (χ2v) is 5.68. The molecule has 1 aliphatic heterocycles. The molecule has 0 unspecified atom stereocenters. The van der Waals surface area contributed by atoms with Crippen LogP contribution in [0.15, 0.2) is 18.2 Å². The number of rotatable bonds is 7. The van der Waals surface area contributed by atoms with Crippen LogP contribution in [0, 0.1) is 0 Å². The van der Waals surface area contributed by atoms with Crippen molar-refractivity contribution in [1.82, 2.24) is 5.32 Å². The lowest BCUT2D eigenvalue weighted by molar-refractivity contribution is -0.120. The molecule has 0 aromatic heterocycles. The Balaban J connectivity index is 1.77. The normalized spacial score (nSPS) is 15.9. The molecule has 0 radical (unpaired) electrons. The molecular formula is C16H22ClNO3. The maximum Gasteiger partial charge on any atom is 0.139 e. The summed E-state index contributed by atoms with van der Waals surface area (Å²) in [5.41, 5.74) is 0.830. The minimum absolute atomic E-state index is 0.143. The van der Waals surface area contributed by atoms with Gasteiger partial charge in [0.1, 0.15) is 11.5 Å². The second kappa shape index (κ2) is 8.37. The summed E-state index contributed by atoms with van der Waals surface area (Å²) in [6.45, 7) is 2.49. The van der Waals surface area contributed by atoms with Gasteiger partial charge in [0.2, 0.25) is 0 Å². The predicted molar refractivity (Wildman–Crippen MR) is 83.2 cm³/mol. The van der Waals surface area contributed by atoms with E-state index in [1.54, 1.807) is 25.3 Å². The lowest BCUT2D eigenvalue weighted by Crippen LogP contribution is -2.32. The van der Waals surface area contributed by atoms with E-state index in [4.69, 9.17) is 21.1 Å². The van der Waals surface area contributed by atoms with Gasteiger partial charge in [-0.1, -0.05) is 11.6 Å². The van der Waals surface area contributed by atoms with Gasteiger partial charge in [0.05, 0.1) is 19.8 Å². The zero-order valence-electron chi connectivity index (χ0n) is 12.4. The Morgan fingerprint density at radius 3 is 2.86 bits per heavy atom. The Kier molecular flexibility index (Phi) is 6.49. The van der Waals surface area contributed by atoms with Gasteiger partial charge in [0, 0.05) is 23.4 Å². The molecule has 1 aromatic rings. The van der Waals surface area contributed by atoms with E-state index in [2.05, 4.69) is 5.32 Å². The number of piperidine rings is 1. The average Bonchev–Trinajstić information content (AvgIpc) is 2.48. The van der Waals surface area contributed by atoms with Crippen LogP contribution in [-0.2, 0) is 16.0 Å². The lowest BCUT2D eigenvalue weighted by Gasteiger charge is -2.22. The van der Waals surface area contributed by atoms with Gasteiger partial charge in [-0.3, -0.25) is 4.79 Å². The van der Waals surface area contributed by atoms with Crippen LogP contribution in [-0.4, -0.2) is 38.7 Å². The number of carbonyl (C=O) groups excluding carboxylic acids is 1. The molecule has 1 aromatic carbocycles. The Morgan fingerprint density at radius 1 is 1.38 bits per heavy atom. The smallest absolute Gasteiger partial charge is 0.139 e. The van der Waals surface area contributed by atoms with Crippen molar-refractivity contribution in [2.75, 3.05) is 26.8 Å². The van der Waals surface area contributed by atoms with E-state index < -0.39 is 0 Å². The molecule has 1 saturated heterocycles. The van der Waals surface area contributed by atoms with Crippen molar-refractivity contribution in [1.29, 1.82) is 0 Å². The van der Waals surface area contributed by atoms with Gasteiger partial charge >= 0.3 is 0 Å². The van der Waals surface area contributed by atoms with Crippen LogP contribution in [0.1, 0.15) is 24.8 Å². The molecule has 0 atom stereocenters. The van der Waals surface area contributed by atoms with Crippen LogP contribution in [0.4, 0.5) is 0 Å². The van der Waals surface area contributed by atoms with Gasteiger partial charge in [-0.05, 0) is 44.1 Å². The number of nitrogens with one attached hydrogen (secondary N) is 1. The van der Waals surface area contributed by atoms with Crippen molar-refractivity contribution in [2.45, 2.75) is 31.8 Å². The first kappa shape index (κ1) is 16.3. The minimum atomic E-state index is 0.143. The summed E-state index contributed by atoms with van der Waals surface area (Å²) in [6.07, 6.45) is 3.10. The SMILES string of the molecule is COc1ccc(Cl)cc1CC(=O)CCOC1CCNCC1. The summed E-state index contributed by atoms with van der Waals surface area (Å²) in [7, 11) is 1.59. The van der Waals surface area contributed by atoms with Crippen LogP contribution in [0.2, 0.25) is 5.02 Å². The van der Waals surface area contributed by atoms with E-state index >= 15 is 0 Å². The molecule has 0 saturated carbocycles. The zero-order valence-corrected chi connectivity index (χ0v) is 13.1. The van der Waals surface area contributed by atoms with E-state index in [9.17, 15) is 4.79 Å². The quantitative estimate of drug-likeness (QED) is 0.841. The van der Waals surface area contributed by atoms with Gasteiger partial charge < -0.3 is 14.8 Å². The number of Topliss-reactive ketones (excluding diaryl/α,β-unsaturated/α-hetero) is 1. The van der Waals surface area contributed by atoms with E-state index in [1.165, 1.54) is 0 Å². The van der Waals surface area contributed by atoms with Gasteiger partial charge in [0.15, 0.2) is 0 Å². The molecule has 5 heteroatoms. The maximum absolute atomic E-state index is 12.0. The monoisotopic (exact) mass is 311 g/mol. The van der Waals surface area contributed by atoms with Crippen LogP contribution in [0.3, 0.4) is 0 Å². The Labute approximate surface area is 130 Å². The number of benzene rings is 1. The molecule has 0 amide bonds. The molecule has 0 bridgehead atoms. The number of halogens is 1. The minimum Gasteiger partial charge on any atom is -0.496 e. The maximum atomic E-state index is 12.0. The summed E-state index contributed by atoms with van der Waals surface area (Å²) in [4.78, 5) is 12.0. The van der Waals surface area contributed by atoms with Crippen molar-refractivity contribution in [2.24, 2.45) is 0 Å². The highest BCUT2D eigenvalue weighted by Crippen LogP contribution is 2.23. The van der Waals surface area contributed by atoms with Crippen molar-refractivity contribution in [3.8, 4) is 5.75 Å². The molecule has 1 fully saturated rings. The summed E-state index contributed by atoms with van der Waals surface area (Å²) in [6, 6.07) is 5.33. The molecule has 1 heterocycles. The molecule has 1 N–H and O–H groups in total.